The third kappa shape index (κ3) is 5.75. The first-order valence-corrected chi connectivity index (χ1v) is 12.0. The fourth-order valence-electron chi connectivity index (χ4n) is 3.18. The van der Waals surface area contributed by atoms with Crippen molar-refractivity contribution >= 4 is 38.9 Å². The van der Waals surface area contributed by atoms with Gasteiger partial charge >= 0.3 is 0 Å². The molecule has 0 spiro atoms. The van der Waals surface area contributed by atoms with E-state index in [1.165, 1.54) is 26.4 Å². The molecule has 0 bridgehead atoms. The van der Waals surface area contributed by atoms with Crippen LogP contribution in [0.15, 0.2) is 54.6 Å². The summed E-state index contributed by atoms with van der Waals surface area (Å²) in [5.74, 6) is -2.21. The normalized spacial score (nSPS) is 11.1. The highest BCUT2D eigenvalue weighted by atomic mass is 35.5. The van der Waals surface area contributed by atoms with E-state index in [1.54, 1.807) is 24.3 Å². The number of nitrogens with zero attached hydrogens (tertiary/aromatic N) is 1. The maximum atomic E-state index is 14.1. The van der Waals surface area contributed by atoms with Gasteiger partial charge in [-0.05, 0) is 35.9 Å². The second-order valence-corrected chi connectivity index (χ2v) is 9.54. The number of methoxy groups -OCH3 is 2. The topological polar surface area (TPSA) is 84.9 Å². The molecule has 0 heterocycles. The Morgan fingerprint density at radius 1 is 1.00 bits per heavy atom. The van der Waals surface area contributed by atoms with Crippen molar-refractivity contribution in [3.8, 4) is 11.5 Å². The van der Waals surface area contributed by atoms with Gasteiger partial charge in [-0.25, -0.2) is 17.2 Å². The Labute approximate surface area is 200 Å². The van der Waals surface area contributed by atoms with Crippen LogP contribution in [-0.2, 0) is 16.6 Å². The summed E-state index contributed by atoms with van der Waals surface area (Å²) in [5.41, 5.74) is -0.0356. The molecule has 0 unspecified atom stereocenters. The van der Waals surface area contributed by atoms with Gasteiger partial charge in [0.2, 0.25) is 10.0 Å². The van der Waals surface area contributed by atoms with Crippen molar-refractivity contribution in [3.63, 3.8) is 0 Å². The number of benzene rings is 3. The fraction of sp³-hybridized carbons (Fsp3) is 0.174. The number of halogens is 3. The van der Waals surface area contributed by atoms with Crippen LogP contribution in [0.5, 0.6) is 11.5 Å². The highest BCUT2D eigenvalue weighted by Crippen LogP contribution is 2.37. The molecule has 0 radical (unpaired) electrons. The standard InChI is InChI=1S/C23H21ClF2N2O5S/c1-32-21-11-17(23(29)27-19-10-16(25)8-9-18(19)26)20(12-22(21)33-2)28(34(3,30)31)13-14-4-6-15(24)7-5-14/h4-12H,13H2,1-3H3,(H,27,29). The van der Waals surface area contributed by atoms with Crippen LogP contribution >= 0.6 is 11.6 Å². The lowest BCUT2D eigenvalue weighted by molar-refractivity contribution is 0.102. The molecule has 0 saturated carbocycles. The summed E-state index contributed by atoms with van der Waals surface area (Å²) in [6.07, 6.45) is 0.980. The lowest BCUT2D eigenvalue weighted by atomic mass is 10.1. The van der Waals surface area contributed by atoms with Gasteiger partial charge in [-0.2, -0.15) is 0 Å². The zero-order chi connectivity index (χ0) is 25.0. The van der Waals surface area contributed by atoms with Crippen LogP contribution in [0, 0.1) is 11.6 Å². The number of sulfonamides is 1. The Balaban J connectivity index is 2.15. The molecule has 3 aromatic carbocycles. The fourth-order valence-corrected chi connectivity index (χ4v) is 4.19. The summed E-state index contributed by atoms with van der Waals surface area (Å²) >= 11 is 5.92. The average molecular weight is 511 g/mol. The third-order valence-corrected chi connectivity index (χ3v) is 6.21. The molecule has 0 aliphatic carbocycles. The summed E-state index contributed by atoms with van der Waals surface area (Å²) in [6.45, 7) is -0.139. The zero-order valence-corrected chi connectivity index (χ0v) is 20.0. The number of hydrogen-bond acceptors (Lipinski definition) is 5. The number of ether oxygens (including phenoxy) is 2. The van der Waals surface area contributed by atoms with Gasteiger partial charge in [0.25, 0.3) is 5.91 Å². The van der Waals surface area contributed by atoms with Gasteiger partial charge in [0.1, 0.15) is 11.6 Å². The van der Waals surface area contributed by atoms with Gasteiger partial charge in [-0.15, -0.1) is 0 Å². The number of carbonyl (C=O) groups excluding carboxylic acids is 1. The molecule has 3 aromatic rings. The Morgan fingerprint density at radius 3 is 2.21 bits per heavy atom. The summed E-state index contributed by atoms with van der Waals surface area (Å²) < 4.78 is 64.8. The Hall–Kier alpha value is -3.37. The second-order valence-electron chi connectivity index (χ2n) is 7.20. The van der Waals surface area contributed by atoms with Crippen LogP contribution in [0.3, 0.4) is 0 Å². The van der Waals surface area contributed by atoms with Crippen molar-refractivity contribution in [2.45, 2.75) is 6.54 Å². The Bertz CT molecular complexity index is 1320. The van der Waals surface area contributed by atoms with Gasteiger partial charge < -0.3 is 14.8 Å². The molecule has 1 amide bonds. The van der Waals surface area contributed by atoms with Crippen molar-refractivity contribution in [1.29, 1.82) is 0 Å². The van der Waals surface area contributed by atoms with Crippen molar-refractivity contribution in [2.75, 3.05) is 30.1 Å². The smallest absolute Gasteiger partial charge is 0.258 e. The van der Waals surface area contributed by atoms with E-state index >= 15 is 0 Å². The van der Waals surface area contributed by atoms with Gasteiger partial charge in [0.15, 0.2) is 11.5 Å². The molecular formula is C23H21ClF2N2O5S. The molecule has 0 aliphatic heterocycles. The minimum absolute atomic E-state index is 0.0515. The minimum atomic E-state index is -3.92. The van der Waals surface area contributed by atoms with Crippen LogP contribution in [-0.4, -0.2) is 34.8 Å². The summed E-state index contributed by atoms with van der Waals surface area (Å²) in [4.78, 5) is 13.2. The highest BCUT2D eigenvalue weighted by molar-refractivity contribution is 7.92. The van der Waals surface area contributed by atoms with E-state index in [-0.39, 0.29) is 29.3 Å². The molecule has 7 nitrogen and oxygen atoms in total. The lowest BCUT2D eigenvalue weighted by Gasteiger charge is -2.26. The molecule has 11 heteroatoms. The quantitative estimate of drug-likeness (QED) is 0.468. The van der Waals surface area contributed by atoms with Crippen LogP contribution in [0.2, 0.25) is 5.02 Å². The summed E-state index contributed by atoms with van der Waals surface area (Å²) in [6, 6.07) is 11.7. The van der Waals surface area contributed by atoms with Crippen molar-refractivity contribution < 1.29 is 31.5 Å². The van der Waals surface area contributed by atoms with Crippen LogP contribution in [0.4, 0.5) is 20.2 Å². The number of nitrogens with one attached hydrogen (secondary N) is 1. The number of carbonyl (C=O) groups is 1. The van der Waals surface area contributed by atoms with E-state index < -0.39 is 33.3 Å². The van der Waals surface area contributed by atoms with Crippen molar-refractivity contribution in [3.05, 3.63) is 82.4 Å². The molecule has 1 N–H and O–H groups in total. The second kappa shape index (κ2) is 10.3. The van der Waals surface area contributed by atoms with Gasteiger partial charge in [0, 0.05) is 17.2 Å². The first kappa shape index (κ1) is 25.3. The van der Waals surface area contributed by atoms with E-state index in [1.807, 2.05) is 0 Å². The number of rotatable bonds is 8. The minimum Gasteiger partial charge on any atom is -0.493 e. The van der Waals surface area contributed by atoms with E-state index in [0.29, 0.717) is 10.6 Å². The monoisotopic (exact) mass is 510 g/mol. The highest BCUT2D eigenvalue weighted by Gasteiger charge is 2.27. The Kier molecular flexibility index (Phi) is 7.63. The third-order valence-electron chi connectivity index (χ3n) is 4.83. The van der Waals surface area contributed by atoms with E-state index in [0.717, 1.165) is 28.8 Å². The van der Waals surface area contributed by atoms with Crippen molar-refractivity contribution in [2.24, 2.45) is 0 Å². The first-order valence-electron chi connectivity index (χ1n) is 9.78. The SMILES string of the molecule is COc1cc(C(=O)Nc2cc(F)ccc2F)c(N(Cc2ccc(Cl)cc2)S(C)(=O)=O)cc1OC. The van der Waals surface area contributed by atoms with Gasteiger partial charge in [-0.1, -0.05) is 23.7 Å². The molecule has 0 aliphatic rings. The maximum absolute atomic E-state index is 14.1. The maximum Gasteiger partial charge on any atom is 0.258 e. The Morgan fingerprint density at radius 2 is 1.62 bits per heavy atom. The van der Waals surface area contributed by atoms with Gasteiger partial charge in [-0.3, -0.25) is 9.10 Å². The van der Waals surface area contributed by atoms with E-state index in [2.05, 4.69) is 5.32 Å². The lowest BCUT2D eigenvalue weighted by Crippen LogP contribution is -2.31. The molecule has 0 fully saturated rings. The average Bonchev–Trinajstić information content (AvgIpc) is 2.79. The molecule has 0 atom stereocenters. The predicted octanol–water partition coefficient (Wildman–Crippen LogP) is 4.85. The molecule has 180 valence electrons. The van der Waals surface area contributed by atoms with Crippen LogP contribution in [0.1, 0.15) is 15.9 Å². The first-order chi connectivity index (χ1) is 16.0. The summed E-state index contributed by atoms with van der Waals surface area (Å²) in [5, 5.41) is 2.76. The molecule has 0 aromatic heterocycles. The number of amides is 1. The predicted molar refractivity (Wildman–Crippen MR) is 126 cm³/mol. The molecule has 0 saturated heterocycles. The van der Waals surface area contributed by atoms with Crippen molar-refractivity contribution in [1.82, 2.24) is 0 Å². The zero-order valence-electron chi connectivity index (χ0n) is 18.4. The molecular weight excluding hydrogens is 490 g/mol. The van der Waals surface area contributed by atoms with Crippen LogP contribution < -0.4 is 19.1 Å². The summed E-state index contributed by atoms with van der Waals surface area (Å²) in [7, 11) is -1.23. The van der Waals surface area contributed by atoms with E-state index in [4.69, 9.17) is 21.1 Å². The molecule has 3 rings (SSSR count). The van der Waals surface area contributed by atoms with Gasteiger partial charge in [0.05, 0.1) is 44.0 Å². The number of anilines is 2. The largest absolute Gasteiger partial charge is 0.493 e. The molecule has 34 heavy (non-hydrogen) atoms. The van der Waals surface area contributed by atoms with E-state index in [9.17, 15) is 22.0 Å². The van der Waals surface area contributed by atoms with Crippen LogP contribution in [0.25, 0.3) is 0 Å². The number of hydrogen-bond donors (Lipinski definition) is 1.